The summed E-state index contributed by atoms with van der Waals surface area (Å²) in [6, 6.07) is 29.3. The summed E-state index contributed by atoms with van der Waals surface area (Å²) in [6.07, 6.45) is 0. The summed E-state index contributed by atoms with van der Waals surface area (Å²) in [4.78, 5) is 16.8. The summed E-state index contributed by atoms with van der Waals surface area (Å²) in [5.74, 6) is 0. The van der Waals surface area contributed by atoms with E-state index in [1.165, 1.54) is 16.7 Å². The molecule has 2 amide bonds. The van der Waals surface area contributed by atoms with Gasteiger partial charge < -0.3 is 10.2 Å². The second kappa shape index (κ2) is 9.39. The molecule has 1 heterocycles. The molecular formula is C25H27N3O. The maximum atomic E-state index is 12.4. The van der Waals surface area contributed by atoms with Crippen molar-refractivity contribution in [1.82, 2.24) is 15.1 Å². The first-order valence-electron chi connectivity index (χ1n) is 10.2. The molecule has 0 aliphatic carbocycles. The van der Waals surface area contributed by atoms with Gasteiger partial charge in [0.1, 0.15) is 0 Å². The molecule has 1 saturated heterocycles. The average molecular weight is 386 g/mol. The summed E-state index contributed by atoms with van der Waals surface area (Å²) in [7, 11) is 0. The molecule has 1 fully saturated rings. The zero-order valence-electron chi connectivity index (χ0n) is 16.6. The van der Waals surface area contributed by atoms with Crippen LogP contribution in [0.5, 0.6) is 0 Å². The Bertz CT molecular complexity index is 919. The van der Waals surface area contributed by atoms with Crippen molar-refractivity contribution in [3.63, 3.8) is 0 Å². The molecule has 4 heteroatoms. The van der Waals surface area contributed by atoms with Crippen LogP contribution in [-0.2, 0) is 13.1 Å². The van der Waals surface area contributed by atoms with Gasteiger partial charge in [0.05, 0.1) is 0 Å². The third kappa shape index (κ3) is 5.24. The van der Waals surface area contributed by atoms with E-state index in [1.807, 2.05) is 41.3 Å². The average Bonchev–Trinajstić information content (AvgIpc) is 2.79. The third-order valence-electron chi connectivity index (χ3n) is 5.39. The molecule has 0 spiro atoms. The molecule has 4 rings (SSSR count). The van der Waals surface area contributed by atoms with Crippen LogP contribution in [0.2, 0.25) is 0 Å². The van der Waals surface area contributed by atoms with Gasteiger partial charge in [0, 0.05) is 39.3 Å². The van der Waals surface area contributed by atoms with Crippen LogP contribution in [0.1, 0.15) is 11.1 Å². The fourth-order valence-electron chi connectivity index (χ4n) is 3.73. The first-order chi connectivity index (χ1) is 14.3. The second-order valence-electron chi connectivity index (χ2n) is 7.47. The number of benzene rings is 3. The van der Waals surface area contributed by atoms with E-state index in [-0.39, 0.29) is 6.03 Å². The molecule has 0 unspecified atom stereocenters. The Morgan fingerprint density at radius 2 is 1.34 bits per heavy atom. The highest BCUT2D eigenvalue weighted by molar-refractivity contribution is 5.74. The van der Waals surface area contributed by atoms with Gasteiger partial charge in [-0.15, -0.1) is 0 Å². The maximum absolute atomic E-state index is 12.4. The first kappa shape index (κ1) is 19.2. The number of nitrogens with zero attached hydrogens (tertiary/aromatic N) is 2. The van der Waals surface area contributed by atoms with E-state index in [0.717, 1.165) is 38.3 Å². The molecular weight excluding hydrogens is 358 g/mol. The zero-order valence-corrected chi connectivity index (χ0v) is 16.6. The van der Waals surface area contributed by atoms with Crippen LogP contribution in [0.15, 0.2) is 84.9 Å². The Hall–Kier alpha value is -3.11. The first-order valence-corrected chi connectivity index (χ1v) is 10.2. The number of rotatable bonds is 5. The largest absolute Gasteiger partial charge is 0.334 e. The lowest BCUT2D eigenvalue weighted by atomic mass is 10.0. The highest BCUT2D eigenvalue weighted by Gasteiger charge is 2.21. The maximum Gasteiger partial charge on any atom is 0.317 e. The lowest BCUT2D eigenvalue weighted by Gasteiger charge is -2.34. The number of hydrogen-bond acceptors (Lipinski definition) is 2. The molecule has 0 bridgehead atoms. The van der Waals surface area contributed by atoms with Crippen LogP contribution < -0.4 is 5.32 Å². The number of carbonyl (C=O) groups excluding carboxylic acids is 1. The van der Waals surface area contributed by atoms with Crippen molar-refractivity contribution >= 4 is 6.03 Å². The van der Waals surface area contributed by atoms with Crippen molar-refractivity contribution in [2.75, 3.05) is 26.2 Å². The lowest BCUT2D eigenvalue weighted by molar-refractivity contribution is 0.135. The molecule has 4 nitrogen and oxygen atoms in total. The van der Waals surface area contributed by atoms with Gasteiger partial charge in [0.25, 0.3) is 0 Å². The van der Waals surface area contributed by atoms with Crippen molar-refractivity contribution in [2.45, 2.75) is 13.1 Å². The number of amides is 2. The number of urea groups is 1. The molecule has 0 atom stereocenters. The van der Waals surface area contributed by atoms with Gasteiger partial charge in [-0.2, -0.15) is 0 Å². The van der Waals surface area contributed by atoms with Gasteiger partial charge in [-0.1, -0.05) is 78.9 Å². The quantitative estimate of drug-likeness (QED) is 0.707. The van der Waals surface area contributed by atoms with Crippen molar-refractivity contribution in [3.8, 4) is 11.1 Å². The van der Waals surface area contributed by atoms with Crippen LogP contribution in [0.25, 0.3) is 11.1 Å². The van der Waals surface area contributed by atoms with E-state index in [9.17, 15) is 4.79 Å². The minimum Gasteiger partial charge on any atom is -0.334 e. The summed E-state index contributed by atoms with van der Waals surface area (Å²) in [6.45, 7) is 4.81. The molecule has 29 heavy (non-hydrogen) atoms. The van der Waals surface area contributed by atoms with Gasteiger partial charge in [0.15, 0.2) is 0 Å². The van der Waals surface area contributed by atoms with Gasteiger partial charge >= 0.3 is 6.03 Å². The molecule has 1 aliphatic heterocycles. The van der Waals surface area contributed by atoms with Gasteiger partial charge in [-0.3, -0.25) is 4.90 Å². The smallest absolute Gasteiger partial charge is 0.317 e. The highest BCUT2D eigenvalue weighted by atomic mass is 16.2. The van der Waals surface area contributed by atoms with Crippen LogP contribution in [0, 0.1) is 0 Å². The summed E-state index contributed by atoms with van der Waals surface area (Å²) in [5, 5.41) is 3.03. The van der Waals surface area contributed by atoms with E-state index in [0.29, 0.717) is 6.54 Å². The van der Waals surface area contributed by atoms with E-state index < -0.39 is 0 Å². The summed E-state index contributed by atoms with van der Waals surface area (Å²) < 4.78 is 0. The van der Waals surface area contributed by atoms with Crippen LogP contribution >= 0.6 is 0 Å². The topological polar surface area (TPSA) is 35.6 Å². The standard InChI is InChI=1S/C25H27N3O/c29-25(26-19-21-8-3-1-4-9-21)28-16-14-27(15-17-28)20-22-10-7-13-24(18-22)23-11-5-2-6-12-23/h1-13,18H,14-17,19-20H2,(H,26,29). The minimum atomic E-state index is 0.0274. The van der Waals surface area contributed by atoms with Gasteiger partial charge in [0.2, 0.25) is 0 Å². The minimum absolute atomic E-state index is 0.0274. The molecule has 0 radical (unpaired) electrons. The Labute approximate surface area is 172 Å². The van der Waals surface area contributed by atoms with Crippen molar-refractivity contribution in [1.29, 1.82) is 0 Å². The molecule has 3 aromatic carbocycles. The predicted molar refractivity (Wildman–Crippen MR) is 117 cm³/mol. The fraction of sp³-hybridized carbons (Fsp3) is 0.240. The van der Waals surface area contributed by atoms with E-state index in [4.69, 9.17) is 0 Å². The van der Waals surface area contributed by atoms with Crippen LogP contribution in [0.3, 0.4) is 0 Å². The van der Waals surface area contributed by atoms with Crippen molar-refractivity contribution in [3.05, 3.63) is 96.1 Å². The predicted octanol–water partition coefficient (Wildman–Crippen LogP) is 4.38. The van der Waals surface area contributed by atoms with Gasteiger partial charge in [-0.05, 0) is 28.3 Å². The van der Waals surface area contributed by atoms with Crippen LogP contribution in [-0.4, -0.2) is 42.0 Å². The third-order valence-corrected chi connectivity index (χ3v) is 5.39. The number of hydrogen-bond donors (Lipinski definition) is 1. The van der Waals surface area contributed by atoms with E-state index in [1.54, 1.807) is 0 Å². The Balaban J connectivity index is 1.27. The second-order valence-corrected chi connectivity index (χ2v) is 7.47. The molecule has 3 aromatic rings. The highest BCUT2D eigenvalue weighted by Crippen LogP contribution is 2.21. The molecule has 1 aliphatic rings. The van der Waals surface area contributed by atoms with E-state index in [2.05, 4.69) is 58.7 Å². The molecule has 0 saturated carbocycles. The summed E-state index contributed by atoms with van der Waals surface area (Å²) in [5.41, 5.74) is 4.93. The van der Waals surface area contributed by atoms with Crippen molar-refractivity contribution in [2.24, 2.45) is 0 Å². The fourth-order valence-corrected chi connectivity index (χ4v) is 3.73. The van der Waals surface area contributed by atoms with Gasteiger partial charge in [-0.25, -0.2) is 4.79 Å². The zero-order chi connectivity index (χ0) is 19.9. The number of carbonyl (C=O) groups is 1. The molecule has 0 aromatic heterocycles. The Kier molecular flexibility index (Phi) is 6.22. The number of nitrogens with one attached hydrogen (secondary N) is 1. The summed E-state index contributed by atoms with van der Waals surface area (Å²) >= 11 is 0. The Morgan fingerprint density at radius 3 is 2.07 bits per heavy atom. The lowest BCUT2D eigenvalue weighted by Crippen LogP contribution is -2.51. The SMILES string of the molecule is O=C(NCc1ccccc1)N1CCN(Cc2cccc(-c3ccccc3)c2)CC1. The van der Waals surface area contributed by atoms with Crippen LogP contribution in [0.4, 0.5) is 4.79 Å². The molecule has 148 valence electrons. The van der Waals surface area contributed by atoms with E-state index >= 15 is 0 Å². The van der Waals surface area contributed by atoms with Crippen molar-refractivity contribution < 1.29 is 4.79 Å². The number of piperazine rings is 1. The normalized spacial score (nSPS) is 14.6. The monoisotopic (exact) mass is 385 g/mol. The Morgan fingerprint density at radius 1 is 0.724 bits per heavy atom. The molecule has 1 N–H and O–H groups in total.